The zero-order valence-electron chi connectivity index (χ0n) is 16.2. The van der Waals surface area contributed by atoms with Crippen LogP contribution in [-0.2, 0) is 16.3 Å². The number of amides is 1. The van der Waals surface area contributed by atoms with E-state index >= 15 is 0 Å². The Balaban J connectivity index is 1.56. The molecule has 1 unspecified atom stereocenters. The summed E-state index contributed by atoms with van der Waals surface area (Å²) in [6.45, 7) is 1.68. The van der Waals surface area contributed by atoms with Crippen LogP contribution in [-0.4, -0.2) is 40.9 Å². The zero-order valence-corrected chi connectivity index (χ0v) is 16.2. The van der Waals surface area contributed by atoms with E-state index in [9.17, 15) is 19.2 Å². The number of anilines is 1. The number of phenols is 1. The van der Waals surface area contributed by atoms with Crippen LogP contribution in [0.3, 0.4) is 0 Å². The van der Waals surface area contributed by atoms with Gasteiger partial charge in [0, 0.05) is 19.6 Å². The highest BCUT2D eigenvalue weighted by molar-refractivity contribution is 6.11. The molecule has 1 aliphatic carbocycles. The largest absolute Gasteiger partial charge is 0.505 e. The van der Waals surface area contributed by atoms with E-state index in [4.69, 9.17) is 0 Å². The van der Waals surface area contributed by atoms with Gasteiger partial charge < -0.3 is 20.6 Å². The second kappa shape index (κ2) is 8.54. The van der Waals surface area contributed by atoms with Crippen molar-refractivity contribution >= 4 is 17.4 Å². The first kappa shape index (κ1) is 19.9. The molecule has 0 aromatic heterocycles. The monoisotopic (exact) mass is 411 g/mol. The normalized spacial score (nSPS) is 18.4. The summed E-state index contributed by atoms with van der Waals surface area (Å²) < 4.78 is 12.9. The zero-order chi connectivity index (χ0) is 21.1. The first-order valence-electron chi connectivity index (χ1n) is 9.82. The van der Waals surface area contributed by atoms with Crippen molar-refractivity contribution in [3.05, 3.63) is 71.1 Å². The molecule has 8 heteroatoms. The molecular formula is C22H22FN3O4. The summed E-state index contributed by atoms with van der Waals surface area (Å²) in [4.78, 5) is 30.4. The molecule has 30 heavy (non-hydrogen) atoms. The molecule has 1 heterocycles. The van der Waals surface area contributed by atoms with Gasteiger partial charge in [0.05, 0.1) is 16.9 Å². The summed E-state index contributed by atoms with van der Waals surface area (Å²) in [7, 11) is 0. The van der Waals surface area contributed by atoms with Crippen LogP contribution in [0.15, 0.2) is 59.9 Å². The number of para-hydroxylation sites is 1. The number of hydrogen-bond donors (Lipinski definition) is 3. The number of halogens is 1. The van der Waals surface area contributed by atoms with Crippen molar-refractivity contribution in [1.82, 2.24) is 10.2 Å². The fourth-order valence-electron chi connectivity index (χ4n) is 3.68. The highest BCUT2D eigenvalue weighted by Gasteiger charge is 2.42. The van der Waals surface area contributed by atoms with E-state index in [-0.39, 0.29) is 34.3 Å². The van der Waals surface area contributed by atoms with Gasteiger partial charge in [-0.25, -0.2) is 0 Å². The maximum Gasteiger partial charge on any atom is 0.257 e. The third kappa shape index (κ3) is 3.73. The molecule has 1 aliphatic heterocycles. The first-order valence-corrected chi connectivity index (χ1v) is 9.82. The lowest BCUT2D eigenvalue weighted by atomic mass is 9.94. The Morgan fingerprint density at radius 1 is 1.13 bits per heavy atom. The number of likely N-dealkylation sites (tertiary alicyclic amines) is 1. The van der Waals surface area contributed by atoms with Gasteiger partial charge in [0.2, 0.25) is 11.9 Å². The van der Waals surface area contributed by atoms with E-state index in [1.165, 1.54) is 0 Å². The number of nitrogens with one attached hydrogen (secondary N) is 2. The highest BCUT2D eigenvalue weighted by atomic mass is 19.3. The topological polar surface area (TPSA) is 90.9 Å². The number of aromatic hydroxyl groups is 1. The molecule has 0 spiro atoms. The molecule has 3 N–H and O–H groups in total. The molecule has 2 aliphatic rings. The number of carbonyl (C=O) groups excluding carboxylic acids is 2. The standard InChI is InChI=1S/C22H22FN3O4/c23-30-21-18(24-13-14-7-2-1-3-8-14)17(20(21)28)25-16-10-6-9-15(19(16)27)22(29)26-11-4-5-12-26/h1-3,6-10,21,24-25,27H,4-5,11-13H2. The number of nitrogens with zero attached hydrogens (tertiary/aromatic N) is 1. The average molecular weight is 411 g/mol. The summed E-state index contributed by atoms with van der Waals surface area (Å²) in [6.07, 6.45) is 0.535. The molecule has 0 saturated carbocycles. The Kier molecular flexibility index (Phi) is 5.67. The number of Topliss-reactive ketones (excluding diaryl/α,β-unsaturated/α-hetero) is 1. The lowest BCUT2D eigenvalue weighted by Crippen LogP contribution is -2.46. The third-order valence-corrected chi connectivity index (χ3v) is 5.35. The Morgan fingerprint density at radius 3 is 2.57 bits per heavy atom. The summed E-state index contributed by atoms with van der Waals surface area (Å²) in [6, 6.07) is 14.1. The Morgan fingerprint density at radius 2 is 1.87 bits per heavy atom. The summed E-state index contributed by atoms with van der Waals surface area (Å²) in [5.74, 6) is -1.08. The second-order valence-corrected chi connectivity index (χ2v) is 7.29. The number of ketones is 1. The van der Waals surface area contributed by atoms with E-state index in [0.29, 0.717) is 19.6 Å². The summed E-state index contributed by atoms with van der Waals surface area (Å²) >= 11 is 0. The predicted octanol–water partition coefficient (Wildman–Crippen LogP) is 2.89. The van der Waals surface area contributed by atoms with Gasteiger partial charge in [0.15, 0.2) is 5.75 Å². The maximum atomic E-state index is 12.9. The fraction of sp³-hybridized carbons (Fsp3) is 0.273. The molecule has 2 aromatic carbocycles. The number of carbonyl (C=O) groups is 2. The fourth-order valence-corrected chi connectivity index (χ4v) is 3.68. The summed E-state index contributed by atoms with van der Waals surface area (Å²) in [5, 5.41) is 16.5. The van der Waals surface area contributed by atoms with E-state index in [2.05, 4.69) is 15.6 Å². The Labute approximate surface area is 173 Å². The molecule has 0 radical (unpaired) electrons. The van der Waals surface area contributed by atoms with Gasteiger partial charge in [-0.15, -0.1) is 0 Å². The van der Waals surface area contributed by atoms with Crippen molar-refractivity contribution in [3.8, 4) is 5.75 Å². The molecular weight excluding hydrogens is 389 g/mol. The molecule has 0 bridgehead atoms. The second-order valence-electron chi connectivity index (χ2n) is 7.29. The van der Waals surface area contributed by atoms with Crippen molar-refractivity contribution in [1.29, 1.82) is 0 Å². The van der Waals surface area contributed by atoms with Gasteiger partial charge in [-0.2, -0.15) is 4.94 Å². The van der Waals surface area contributed by atoms with E-state index < -0.39 is 11.9 Å². The molecule has 7 nitrogen and oxygen atoms in total. The molecule has 1 fully saturated rings. The van der Waals surface area contributed by atoms with Gasteiger partial charge in [0.25, 0.3) is 5.91 Å². The van der Waals surface area contributed by atoms with Crippen LogP contribution in [0, 0.1) is 0 Å². The van der Waals surface area contributed by atoms with Crippen molar-refractivity contribution in [3.63, 3.8) is 0 Å². The maximum absolute atomic E-state index is 12.9. The lowest BCUT2D eigenvalue weighted by Gasteiger charge is -2.30. The lowest BCUT2D eigenvalue weighted by molar-refractivity contribution is -0.180. The van der Waals surface area contributed by atoms with Gasteiger partial charge in [-0.05, 0) is 35.1 Å². The minimum absolute atomic E-state index is 0.0923. The van der Waals surface area contributed by atoms with Crippen molar-refractivity contribution in [2.24, 2.45) is 0 Å². The number of rotatable bonds is 7. The molecule has 1 saturated heterocycles. The van der Waals surface area contributed by atoms with Crippen LogP contribution in [0.2, 0.25) is 0 Å². The van der Waals surface area contributed by atoms with E-state index in [0.717, 1.165) is 18.4 Å². The molecule has 156 valence electrons. The van der Waals surface area contributed by atoms with Gasteiger partial charge >= 0.3 is 0 Å². The first-order chi connectivity index (χ1) is 14.6. The summed E-state index contributed by atoms with van der Waals surface area (Å²) in [5.41, 5.74) is 1.64. The van der Waals surface area contributed by atoms with Crippen molar-refractivity contribution in [2.45, 2.75) is 25.5 Å². The molecule has 4 rings (SSSR count). The number of hydrogen-bond acceptors (Lipinski definition) is 6. The minimum Gasteiger partial charge on any atom is -0.505 e. The highest BCUT2D eigenvalue weighted by Crippen LogP contribution is 2.34. The number of phenolic OH excluding ortho intramolecular Hbond substituents is 1. The third-order valence-electron chi connectivity index (χ3n) is 5.35. The Hall–Kier alpha value is -3.39. The van der Waals surface area contributed by atoms with Crippen molar-refractivity contribution < 1.29 is 24.2 Å². The Bertz CT molecular complexity index is 987. The minimum atomic E-state index is -1.34. The van der Waals surface area contributed by atoms with Crippen LogP contribution < -0.4 is 10.6 Å². The molecule has 1 amide bonds. The van der Waals surface area contributed by atoms with Crippen LogP contribution in [0.1, 0.15) is 28.8 Å². The van der Waals surface area contributed by atoms with Crippen LogP contribution in [0.4, 0.5) is 10.2 Å². The van der Waals surface area contributed by atoms with E-state index in [1.807, 2.05) is 30.3 Å². The smallest absolute Gasteiger partial charge is 0.257 e. The quantitative estimate of drug-likeness (QED) is 0.607. The van der Waals surface area contributed by atoms with Gasteiger partial charge in [-0.3, -0.25) is 9.59 Å². The van der Waals surface area contributed by atoms with Crippen LogP contribution >= 0.6 is 0 Å². The average Bonchev–Trinajstić information content (AvgIpc) is 3.31. The van der Waals surface area contributed by atoms with E-state index in [1.54, 1.807) is 23.1 Å². The molecule has 2 aromatic rings. The SMILES string of the molecule is O=C1C(Nc2cccc(C(=O)N3CCCC3)c2O)=C(NCc2ccccc2)C1OF. The number of benzene rings is 2. The van der Waals surface area contributed by atoms with Gasteiger partial charge in [0.1, 0.15) is 5.70 Å². The van der Waals surface area contributed by atoms with Crippen LogP contribution in [0.5, 0.6) is 5.75 Å². The molecule has 1 atom stereocenters. The van der Waals surface area contributed by atoms with Crippen LogP contribution in [0.25, 0.3) is 0 Å². The predicted molar refractivity (Wildman–Crippen MR) is 108 cm³/mol. The van der Waals surface area contributed by atoms with Crippen molar-refractivity contribution in [2.75, 3.05) is 18.4 Å². The van der Waals surface area contributed by atoms with Gasteiger partial charge in [-0.1, -0.05) is 36.4 Å².